The van der Waals surface area contributed by atoms with Crippen LogP contribution >= 0.6 is 12.2 Å². The standard InChI is InChI=1S/C20H19F2N3OS/c21-14-10-16-15(17(22)11-14)6-7-18(16)24-19-25(8-9-26-19)20(27)23-12-13-4-2-1-3-5-13/h1-5,10-11,18H,6-9,12H2,(H,23,27). The number of nitrogens with zero attached hydrogens (tertiary/aromatic N) is 2. The van der Waals surface area contributed by atoms with Gasteiger partial charge in [0.15, 0.2) is 5.11 Å². The van der Waals surface area contributed by atoms with Crippen LogP contribution in [-0.2, 0) is 17.7 Å². The van der Waals surface area contributed by atoms with Crippen LogP contribution in [0.15, 0.2) is 47.5 Å². The van der Waals surface area contributed by atoms with E-state index >= 15 is 0 Å². The summed E-state index contributed by atoms with van der Waals surface area (Å²) in [7, 11) is 0. The summed E-state index contributed by atoms with van der Waals surface area (Å²) in [6.07, 6.45) is 1.17. The van der Waals surface area contributed by atoms with Gasteiger partial charge >= 0.3 is 0 Å². The molecule has 0 radical (unpaired) electrons. The Hall–Kier alpha value is -2.54. The Morgan fingerprint density at radius 3 is 2.89 bits per heavy atom. The zero-order valence-electron chi connectivity index (χ0n) is 14.6. The molecule has 1 atom stereocenters. The van der Waals surface area contributed by atoms with E-state index in [0.29, 0.717) is 54.8 Å². The number of hydrogen-bond donors (Lipinski definition) is 1. The van der Waals surface area contributed by atoms with Crippen molar-refractivity contribution in [3.63, 3.8) is 0 Å². The van der Waals surface area contributed by atoms with Crippen LogP contribution in [0.5, 0.6) is 0 Å². The molecule has 2 aliphatic rings. The lowest BCUT2D eigenvalue weighted by Crippen LogP contribution is -2.40. The summed E-state index contributed by atoms with van der Waals surface area (Å²) in [6, 6.07) is 12.3. The van der Waals surface area contributed by atoms with E-state index in [0.717, 1.165) is 11.6 Å². The van der Waals surface area contributed by atoms with E-state index < -0.39 is 11.6 Å². The molecular weight excluding hydrogens is 368 g/mol. The van der Waals surface area contributed by atoms with E-state index in [1.165, 1.54) is 6.07 Å². The first kappa shape index (κ1) is 17.9. The molecule has 4 nitrogen and oxygen atoms in total. The third-order valence-corrected chi connectivity index (χ3v) is 5.16. The Labute approximate surface area is 161 Å². The van der Waals surface area contributed by atoms with Gasteiger partial charge in [-0.1, -0.05) is 30.3 Å². The minimum absolute atomic E-state index is 0.322. The molecule has 0 aromatic heterocycles. The number of hydrogen-bond acceptors (Lipinski definition) is 3. The zero-order chi connectivity index (χ0) is 18.8. The van der Waals surface area contributed by atoms with Crippen LogP contribution in [0.3, 0.4) is 0 Å². The van der Waals surface area contributed by atoms with Gasteiger partial charge in [-0.15, -0.1) is 0 Å². The van der Waals surface area contributed by atoms with Crippen molar-refractivity contribution in [2.75, 3.05) is 13.2 Å². The maximum atomic E-state index is 13.9. The van der Waals surface area contributed by atoms with E-state index in [4.69, 9.17) is 17.0 Å². The minimum atomic E-state index is -0.581. The van der Waals surface area contributed by atoms with E-state index in [1.54, 1.807) is 4.90 Å². The quantitative estimate of drug-likeness (QED) is 0.815. The predicted molar refractivity (Wildman–Crippen MR) is 103 cm³/mol. The summed E-state index contributed by atoms with van der Waals surface area (Å²) in [5.74, 6) is -1.08. The van der Waals surface area contributed by atoms with Crippen molar-refractivity contribution in [2.24, 2.45) is 4.99 Å². The lowest BCUT2D eigenvalue weighted by atomic mass is 10.1. The molecule has 1 heterocycles. The Kier molecular flexibility index (Phi) is 5.03. The molecule has 2 aromatic rings. The minimum Gasteiger partial charge on any atom is -0.463 e. The van der Waals surface area contributed by atoms with Gasteiger partial charge < -0.3 is 10.1 Å². The van der Waals surface area contributed by atoms with Gasteiger partial charge in [-0.3, -0.25) is 4.90 Å². The van der Waals surface area contributed by atoms with Gasteiger partial charge in [0.1, 0.15) is 18.2 Å². The molecule has 1 saturated heterocycles. The van der Waals surface area contributed by atoms with Gasteiger partial charge in [0.2, 0.25) is 0 Å². The Bertz CT molecular complexity index is 888. The number of halogens is 2. The van der Waals surface area contributed by atoms with E-state index in [2.05, 4.69) is 10.3 Å². The second-order valence-electron chi connectivity index (χ2n) is 6.57. The normalized spacial score (nSPS) is 19.9. The van der Waals surface area contributed by atoms with Crippen molar-refractivity contribution in [2.45, 2.75) is 25.4 Å². The molecule has 2 aromatic carbocycles. The van der Waals surface area contributed by atoms with Crippen LogP contribution in [0.2, 0.25) is 0 Å². The van der Waals surface area contributed by atoms with E-state index in [9.17, 15) is 8.78 Å². The summed E-state index contributed by atoms with van der Waals surface area (Å²) < 4.78 is 33.2. The number of benzene rings is 2. The molecule has 0 saturated carbocycles. The third-order valence-electron chi connectivity index (χ3n) is 4.80. The average molecular weight is 387 g/mol. The van der Waals surface area contributed by atoms with Crippen molar-refractivity contribution in [3.05, 3.63) is 70.8 Å². The van der Waals surface area contributed by atoms with Crippen LogP contribution in [0, 0.1) is 11.6 Å². The van der Waals surface area contributed by atoms with Crippen molar-refractivity contribution >= 4 is 23.4 Å². The second-order valence-corrected chi connectivity index (χ2v) is 6.95. The molecule has 1 unspecified atom stereocenters. The molecule has 1 aliphatic carbocycles. The molecule has 140 valence electrons. The number of ether oxygens (including phenoxy) is 1. The molecule has 0 amide bonds. The fraction of sp³-hybridized carbons (Fsp3) is 0.300. The number of amidine groups is 1. The molecule has 1 aliphatic heterocycles. The number of aliphatic imine (C=N–C) groups is 1. The SMILES string of the molecule is Fc1cc(F)c2c(c1)C(N=C1OCCN1C(=S)NCc1ccccc1)CC2. The fourth-order valence-corrected chi connectivity index (χ4v) is 3.70. The molecule has 1 N–H and O–H groups in total. The van der Waals surface area contributed by atoms with E-state index in [-0.39, 0.29) is 6.04 Å². The highest BCUT2D eigenvalue weighted by Crippen LogP contribution is 2.36. The summed E-state index contributed by atoms with van der Waals surface area (Å²) in [4.78, 5) is 6.41. The topological polar surface area (TPSA) is 36.9 Å². The summed E-state index contributed by atoms with van der Waals surface area (Å²) >= 11 is 5.48. The Morgan fingerprint density at radius 2 is 2.07 bits per heavy atom. The second kappa shape index (κ2) is 7.60. The van der Waals surface area contributed by atoms with Crippen LogP contribution in [-0.4, -0.2) is 29.2 Å². The zero-order valence-corrected chi connectivity index (χ0v) is 15.4. The first-order valence-corrected chi connectivity index (χ1v) is 9.30. The monoisotopic (exact) mass is 387 g/mol. The predicted octanol–water partition coefficient (Wildman–Crippen LogP) is 3.72. The molecule has 7 heteroatoms. The third kappa shape index (κ3) is 3.78. The molecule has 0 bridgehead atoms. The van der Waals surface area contributed by atoms with Gasteiger partial charge in [0, 0.05) is 12.6 Å². The average Bonchev–Trinajstić information content (AvgIpc) is 3.28. The van der Waals surface area contributed by atoms with Gasteiger partial charge in [-0.25, -0.2) is 13.8 Å². The number of nitrogens with one attached hydrogen (secondary N) is 1. The van der Waals surface area contributed by atoms with Crippen LogP contribution in [0.1, 0.15) is 29.2 Å². The lowest BCUT2D eigenvalue weighted by Gasteiger charge is -2.19. The number of thiocarbonyl (C=S) groups is 1. The van der Waals surface area contributed by atoms with Gasteiger partial charge in [0.25, 0.3) is 6.02 Å². The largest absolute Gasteiger partial charge is 0.463 e. The highest BCUT2D eigenvalue weighted by molar-refractivity contribution is 7.80. The van der Waals surface area contributed by atoms with Crippen molar-refractivity contribution < 1.29 is 13.5 Å². The molecular formula is C20H19F2N3OS. The summed E-state index contributed by atoms with van der Waals surface area (Å²) in [5.41, 5.74) is 2.26. The lowest BCUT2D eigenvalue weighted by molar-refractivity contribution is 0.348. The number of fused-ring (bicyclic) bond motifs is 1. The maximum Gasteiger partial charge on any atom is 0.294 e. The van der Waals surface area contributed by atoms with Crippen LogP contribution < -0.4 is 5.32 Å². The molecule has 0 spiro atoms. The van der Waals surface area contributed by atoms with Crippen molar-refractivity contribution in [1.82, 2.24) is 10.2 Å². The summed E-state index contributed by atoms with van der Waals surface area (Å²) in [5, 5.41) is 3.74. The smallest absolute Gasteiger partial charge is 0.294 e. The number of rotatable bonds is 3. The first-order valence-electron chi connectivity index (χ1n) is 8.89. The Balaban J connectivity index is 1.48. The highest BCUT2D eigenvalue weighted by atomic mass is 32.1. The van der Waals surface area contributed by atoms with Crippen LogP contribution in [0.4, 0.5) is 8.78 Å². The van der Waals surface area contributed by atoms with E-state index in [1.807, 2.05) is 30.3 Å². The molecule has 1 fully saturated rings. The van der Waals surface area contributed by atoms with Crippen LogP contribution in [0.25, 0.3) is 0 Å². The fourth-order valence-electron chi connectivity index (χ4n) is 3.45. The Morgan fingerprint density at radius 1 is 1.26 bits per heavy atom. The summed E-state index contributed by atoms with van der Waals surface area (Å²) in [6.45, 7) is 1.67. The van der Waals surface area contributed by atoms with Gasteiger partial charge in [-0.05, 0) is 47.8 Å². The molecule has 27 heavy (non-hydrogen) atoms. The molecule has 4 rings (SSSR count). The highest BCUT2D eigenvalue weighted by Gasteiger charge is 2.30. The first-order chi connectivity index (χ1) is 13.1. The maximum absolute atomic E-state index is 13.9. The van der Waals surface area contributed by atoms with Gasteiger partial charge in [0.05, 0.1) is 12.6 Å². The van der Waals surface area contributed by atoms with Gasteiger partial charge in [-0.2, -0.15) is 0 Å². The van der Waals surface area contributed by atoms with Crippen molar-refractivity contribution in [3.8, 4) is 0 Å². The van der Waals surface area contributed by atoms with Crippen molar-refractivity contribution in [1.29, 1.82) is 0 Å².